The average molecular weight is 464 g/mol. The summed E-state index contributed by atoms with van der Waals surface area (Å²) >= 11 is 1.79. The highest BCUT2D eigenvalue weighted by Crippen LogP contribution is 2.20. The number of carbonyl (C=O) groups is 1. The molecular formula is C17H29IN4OS. The number of piperidine rings is 1. The van der Waals surface area contributed by atoms with E-state index in [0.717, 1.165) is 51.4 Å². The molecule has 1 fully saturated rings. The lowest BCUT2D eigenvalue weighted by Gasteiger charge is -2.34. The second-order valence-corrected chi connectivity index (χ2v) is 6.90. The van der Waals surface area contributed by atoms with Crippen molar-refractivity contribution in [1.29, 1.82) is 0 Å². The zero-order valence-corrected chi connectivity index (χ0v) is 17.7. The van der Waals surface area contributed by atoms with Crippen LogP contribution >= 0.6 is 35.3 Å². The van der Waals surface area contributed by atoms with E-state index in [9.17, 15) is 4.79 Å². The van der Waals surface area contributed by atoms with Gasteiger partial charge in [0.2, 0.25) is 5.91 Å². The van der Waals surface area contributed by atoms with Gasteiger partial charge < -0.3 is 15.5 Å². The number of hydrogen-bond donors (Lipinski definition) is 2. The van der Waals surface area contributed by atoms with Crippen LogP contribution in [0.25, 0.3) is 0 Å². The molecule has 1 aliphatic heterocycles. The predicted molar refractivity (Wildman–Crippen MR) is 112 cm³/mol. The fraction of sp³-hybridized carbons (Fsp3) is 0.647. The van der Waals surface area contributed by atoms with Crippen molar-refractivity contribution in [2.45, 2.75) is 32.6 Å². The van der Waals surface area contributed by atoms with Gasteiger partial charge in [-0.05, 0) is 37.1 Å². The summed E-state index contributed by atoms with van der Waals surface area (Å²) in [5.41, 5.74) is 0. The molecule has 0 bridgehead atoms. The monoisotopic (exact) mass is 464 g/mol. The molecule has 2 N–H and O–H groups in total. The maximum atomic E-state index is 11.5. The van der Waals surface area contributed by atoms with Crippen LogP contribution in [0.1, 0.15) is 31.1 Å². The number of rotatable bonds is 6. The van der Waals surface area contributed by atoms with Crippen LogP contribution in [0.3, 0.4) is 0 Å². The Morgan fingerprint density at radius 2 is 2.17 bits per heavy atom. The van der Waals surface area contributed by atoms with E-state index in [4.69, 9.17) is 4.99 Å². The van der Waals surface area contributed by atoms with Crippen LogP contribution in [-0.2, 0) is 11.2 Å². The van der Waals surface area contributed by atoms with Crippen molar-refractivity contribution in [1.82, 2.24) is 15.5 Å². The van der Waals surface area contributed by atoms with E-state index in [1.807, 2.05) is 0 Å². The fourth-order valence-corrected chi connectivity index (χ4v) is 3.56. The van der Waals surface area contributed by atoms with Crippen LogP contribution in [0, 0.1) is 5.92 Å². The highest BCUT2D eigenvalue weighted by Gasteiger charge is 2.22. The summed E-state index contributed by atoms with van der Waals surface area (Å²) in [4.78, 5) is 20.0. The first-order chi connectivity index (χ1) is 11.2. The fourth-order valence-electron chi connectivity index (χ4n) is 2.87. The first-order valence-electron chi connectivity index (χ1n) is 8.49. The van der Waals surface area contributed by atoms with Crippen molar-refractivity contribution in [3.05, 3.63) is 22.4 Å². The predicted octanol–water partition coefficient (Wildman–Crippen LogP) is 2.72. The first-order valence-corrected chi connectivity index (χ1v) is 9.37. The maximum absolute atomic E-state index is 11.5. The summed E-state index contributed by atoms with van der Waals surface area (Å²) in [6.07, 6.45) is 3.77. The Hall–Kier alpha value is -0.830. The second-order valence-electron chi connectivity index (χ2n) is 5.87. The molecule has 0 saturated carbocycles. The van der Waals surface area contributed by atoms with Gasteiger partial charge in [-0.3, -0.25) is 9.79 Å². The number of amides is 1. The molecule has 7 heteroatoms. The Kier molecular flexibility index (Phi) is 10.3. The van der Waals surface area contributed by atoms with Crippen molar-refractivity contribution in [2.24, 2.45) is 10.9 Å². The maximum Gasteiger partial charge on any atom is 0.220 e. The van der Waals surface area contributed by atoms with E-state index in [0.29, 0.717) is 12.3 Å². The van der Waals surface area contributed by atoms with Crippen LogP contribution in [0.5, 0.6) is 0 Å². The Morgan fingerprint density at radius 1 is 1.42 bits per heavy atom. The van der Waals surface area contributed by atoms with Gasteiger partial charge in [0.15, 0.2) is 5.96 Å². The Balaban J connectivity index is 0.00000288. The van der Waals surface area contributed by atoms with Crippen molar-refractivity contribution in [2.75, 3.05) is 33.2 Å². The molecule has 2 heterocycles. The third-order valence-corrected chi connectivity index (χ3v) is 5.14. The molecule has 0 radical (unpaired) electrons. The van der Waals surface area contributed by atoms with Gasteiger partial charge >= 0.3 is 0 Å². The van der Waals surface area contributed by atoms with Crippen molar-refractivity contribution >= 4 is 47.2 Å². The minimum absolute atomic E-state index is 0. The normalized spacial score (nSPS) is 15.8. The van der Waals surface area contributed by atoms with Crippen LogP contribution in [-0.4, -0.2) is 50.0 Å². The highest BCUT2D eigenvalue weighted by molar-refractivity contribution is 14.0. The molecule has 0 atom stereocenters. The summed E-state index contributed by atoms with van der Waals surface area (Å²) in [6, 6.07) is 4.25. The molecule has 0 spiro atoms. The topological polar surface area (TPSA) is 56.7 Å². The molecule has 1 aromatic rings. The van der Waals surface area contributed by atoms with Crippen LogP contribution in [0.4, 0.5) is 0 Å². The SMILES string of the molecule is CCNC(=NCCc1cccs1)N1CCC(CC(=O)NC)CC1.I. The van der Waals surface area contributed by atoms with Crippen molar-refractivity contribution in [3.63, 3.8) is 0 Å². The van der Waals surface area contributed by atoms with E-state index in [2.05, 4.69) is 40.0 Å². The number of nitrogens with zero attached hydrogens (tertiary/aromatic N) is 2. The first kappa shape index (κ1) is 21.2. The average Bonchev–Trinajstić information content (AvgIpc) is 3.08. The number of carbonyl (C=O) groups excluding carboxylic acids is 1. The Bertz CT molecular complexity index is 499. The molecular weight excluding hydrogens is 435 g/mol. The molecule has 2 rings (SSSR count). The lowest BCUT2D eigenvalue weighted by Crippen LogP contribution is -2.46. The largest absolute Gasteiger partial charge is 0.359 e. The van der Waals surface area contributed by atoms with Gasteiger partial charge in [-0.2, -0.15) is 0 Å². The molecule has 1 amide bonds. The molecule has 0 aliphatic carbocycles. The molecule has 1 aliphatic rings. The van der Waals surface area contributed by atoms with Crippen LogP contribution in [0.2, 0.25) is 0 Å². The number of halogens is 1. The zero-order chi connectivity index (χ0) is 16.5. The van der Waals surface area contributed by atoms with Gasteiger partial charge in [-0.1, -0.05) is 6.07 Å². The van der Waals surface area contributed by atoms with E-state index in [1.165, 1.54) is 4.88 Å². The van der Waals surface area contributed by atoms with Gasteiger partial charge in [-0.15, -0.1) is 35.3 Å². The number of guanidine groups is 1. The minimum Gasteiger partial charge on any atom is -0.359 e. The zero-order valence-electron chi connectivity index (χ0n) is 14.6. The number of hydrogen-bond acceptors (Lipinski definition) is 3. The molecule has 1 aromatic heterocycles. The Morgan fingerprint density at radius 3 is 2.75 bits per heavy atom. The number of aliphatic imine (C=N–C) groups is 1. The summed E-state index contributed by atoms with van der Waals surface area (Å²) in [5.74, 6) is 1.67. The minimum atomic E-state index is 0. The van der Waals surface area contributed by atoms with Crippen LogP contribution in [0.15, 0.2) is 22.5 Å². The standard InChI is InChI=1S/C17H28N4OS.HI/c1-3-19-17(20-9-6-15-5-4-12-23-15)21-10-7-14(8-11-21)13-16(22)18-2;/h4-5,12,14H,3,6-11,13H2,1-2H3,(H,18,22)(H,19,20);1H. The summed E-state index contributed by atoms with van der Waals surface area (Å²) < 4.78 is 0. The summed E-state index contributed by atoms with van der Waals surface area (Å²) in [5, 5.41) is 8.23. The lowest BCUT2D eigenvalue weighted by atomic mass is 9.93. The number of nitrogens with one attached hydrogen (secondary N) is 2. The van der Waals surface area contributed by atoms with E-state index >= 15 is 0 Å². The lowest BCUT2D eigenvalue weighted by molar-refractivity contribution is -0.121. The summed E-state index contributed by atoms with van der Waals surface area (Å²) in [6.45, 7) is 5.77. The Labute approximate surface area is 166 Å². The molecule has 0 unspecified atom stereocenters. The molecule has 1 saturated heterocycles. The van der Waals surface area contributed by atoms with Gasteiger partial charge in [0.1, 0.15) is 0 Å². The van der Waals surface area contributed by atoms with Gasteiger partial charge in [-0.25, -0.2) is 0 Å². The van der Waals surface area contributed by atoms with E-state index in [-0.39, 0.29) is 29.9 Å². The van der Waals surface area contributed by atoms with Crippen molar-refractivity contribution in [3.8, 4) is 0 Å². The number of thiophene rings is 1. The smallest absolute Gasteiger partial charge is 0.220 e. The molecule has 0 aromatic carbocycles. The van der Waals surface area contributed by atoms with Gasteiger partial charge in [0.25, 0.3) is 0 Å². The number of likely N-dealkylation sites (tertiary alicyclic amines) is 1. The van der Waals surface area contributed by atoms with E-state index in [1.54, 1.807) is 18.4 Å². The third kappa shape index (κ3) is 6.96. The molecule has 24 heavy (non-hydrogen) atoms. The highest BCUT2D eigenvalue weighted by atomic mass is 127. The van der Waals surface area contributed by atoms with Gasteiger partial charge in [0.05, 0.1) is 0 Å². The van der Waals surface area contributed by atoms with Crippen LogP contribution < -0.4 is 10.6 Å². The second kappa shape index (κ2) is 11.7. The molecule has 5 nitrogen and oxygen atoms in total. The summed E-state index contributed by atoms with van der Waals surface area (Å²) in [7, 11) is 1.71. The molecule has 136 valence electrons. The van der Waals surface area contributed by atoms with E-state index < -0.39 is 0 Å². The third-order valence-electron chi connectivity index (χ3n) is 4.20. The van der Waals surface area contributed by atoms with Gasteiger partial charge in [0, 0.05) is 50.9 Å². The quantitative estimate of drug-likeness (QED) is 0.387. The van der Waals surface area contributed by atoms with Crippen molar-refractivity contribution < 1.29 is 4.79 Å².